The van der Waals surface area contributed by atoms with Gasteiger partial charge in [0.15, 0.2) is 0 Å². The van der Waals surface area contributed by atoms with E-state index in [2.05, 4.69) is 9.89 Å². The molecule has 7 heteroatoms. The van der Waals surface area contributed by atoms with Crippen LogP contribution in [0.2, 0.25) is 0 Å². The maximum atomic E-state index is 11.9. The molecule has 3 aliphatic rings. The second kappa shape index (κ2) is 5.47. The van der Waals surface area contributed by atoms with Crippen LogP contribution in [0.25, 0.3) is 0 Å². The fourth-order valence-corrected chi connectivity index (χ4v) is 3.37. The van der Waals surface area contributed by atoms with Crippen molar-refractivity contribution >= 4 is 23.5 Å². The van der Waals surface area contributed by atoms with Crippen LogP contribution in [0.3, 0.4) is 0 Å². The molecule has 0 aliphatic carbocycles. The summed E-state index contributed by atoms with van der Waals surface area (Å²) in [6, 6.07) is 3.82. The summed E-state index contributed by atoms with van der Waals surface area (Å²) in [6.45, 7) is 6.78. The van der Waals surface area contributed by atoms with E-state index in [4.69, 9.17) is 14.2 Å². The second-order valence-electron chi connectivity index (χ2n) is 7.51. The van der Waals surface area contributed by atoms with E-state index < -0.39 is 11.7 Å². The van der Waals surface area contributed by atoms with Crippen molar-refractivity contribution in [1.29, 1.82) is 0 Å². The van der Waals surface area contributed by atoms with Crippen LogP contribution in [-0.4, -0.2) is 42.6 Å². The normalized spacial score (nSPS) is 22.8. The molecule has 0 N–H and O–H groups in total. The molecule has 25 heavy (non-hydrogen) atoms. The number of hydrogen-bond acceptors (Lipinski definition) is 6. The van der Waals surface area contributed by atoms with E-state index in [9.17, 15) is 9.59 Å². The number of cyclic esters (lactones) is 1. The molecule has 0 radical (unpaired) electrons. The molecule has 3 aliphatic heterocycles. The van der Waals surface area contributed by atoms with Crippen molar-refractivity contribution in [1.82, 2.24) is 0 Å². The molecule has 0 bridgehead atoms. The first-order valence-corrected chi connectivity index (χ1v) is 8.33. The summed E-state index contributed by atoms with van der Waals surface area (Å²) in [5.41, 5.74) is 2.58. The van der Waals surface area contributed by atoms with Gasteiger partial charge in [-0.15, -0.1) is 0 Å². The molecular weight excluding hydrogens is 324 g/mol. The van der Waals surface area contributed by atoms with Crippen LogP contribution >= 0.6 is 0 Å². The largest absolute Gasteiger partial charge is 0.489 e. The van der Waals surface area contributed by atoms with Crippen molar-refractivity contribution in [2.45, 2.75) is 45.4 Å². The Balaban J connectivity index is 1.58. The van der Waals surface area contributed by atoms with Crippen LogP contribution in [0.1, 0.15) is 43.1 Å². The van der Waals surface area contributed by atoms with Gasteiger partial charge in [-0.3, -0.25) is 0 Å². The van der Waals surface area contributed by atoms with E-state index in [1.54, 1.807) is 6.07 Å². The van der Waals surface area contributed by atoms with Crippen molar-refractivity contribution in [3.63, 3.8) is 0 Å². The fraction of sp³-hybridized carbons (Fsp3) is 0.500. The van der Waals surface area contributed by atoms with Crippen LogP contribution in [0.5, 0.6) is 5.75 Å². The lowest BCUT2D eigenvalue weighted by Gasteiger charge is -2.33. The van der Waals surface area contributed by atoms with Gasteiger partial charge < -0.3 is 19.1 Å². The summed E-state index contributed by atoms with van der Waals surface area (Å²) in [5.74, 6) is 0.365. The number of anilines is 1. The minimum atomic E-state index is -0.560. The molecule has 1 aromatic rings. The third-order valence-electron chi connectivity index (χ3n) is 4.41. The van der Waals surface area contributed by atoms with E-state index in [0.29, 0.717) is 37.5 Å². The fourth-order valence-electron chi connectivity index (χ4n) is 3.37. The Bertz CT molecular complexity index is 793. The molecule has 1 amide bonds. The summed E-state index contributed by atoms with van der Waals surface area (Å²) >= 11 is 0. The summed E-state index contributed by atoms with van der Waals surface area (Å²) in [7, 11) is 0. The molecule has 7 nitrogen and oxygen atoms in total. The average molecular weight is 344 g/mol. The molecule has 1 saturated heterocycles. The number of carbonyl (C=O) groups excluding carboxylic acids is 2. The Morgan fingerprint density at radius 1 is 1.32 bits per heavy atom. The second-order valence-corrected chi connectivity index (χ2v) is 7.51. The number of carbonyl (C=O) groups is 2. The van der Waals surface area contributed by atoms with Crippen LogP contribution in [0, 0.1) is 0 Å². The van der Waals surface area contributed by atoms with E-state index in [1.165, 1.54) is 0 Å². The predicted molar refractivity (Wildman–Crippen MR) is 90.5 cm³/mol. The minimum Gasteiger partial charge on any atom is -0.489 e. The highest BCUT2D eigenvalue weighted by atomic mass is 16.6. The van der Waals surface area contributed by atoms with Crippen molar-refractivity contribution in [2.24, 2.45) is 4.99 Å². The molecule has 4 rings (SSSR count). The molecule has 132 valence electrons. The van der Waals surface area contributed by atoms with Gasteiger partial charge in [0.25, 0.3) is 0 Å². The third-order valence-corrected chi connectivity index (χ3v) is 4.41. The topological polar surface area (TPSA) is 77.4 Å². The molecule has 0 unspecified atom stereocenters. The lowest BCUT2D eigenvalue weighted by molar-refractivity contribution is 0.0533. The average Bonchev–Trinajstić information content (AvgIpc) is 3.07. The molecule has 0 aromatic heterocycles. The highest BCUT2D eigenvalue weighted by Gasteiger charge is 2.37. The zero-order valence-corrected chi connectivity index (χ0v) is 14.5. The predicted octanol–water partition coefficient (Wildman–Crippen LogP) is 2.70. The summed E-state index contributed by atoms with van der Waals surface area (Å²) in [5, 5.41) is 0. The highest BCUT2D eigenvalue weighted by Crippen LogP contribution is 2.41. The Morgan fingerprint density at radius 2 is 2.12 bits per heavy atom. The SMILES string of the molecule is CC(C)(C)OC(=O)/N=C1/C[C@H]2COc3cc4c(cc3N2C1)COC4=O. The maximum Gasteiger partial charge on any atom is 0.434 e. The Morgan fingerprint density at radius 3 is 2.88 bits per heavy atom. The zero-order valence-electron chi connectivity index (χ0n) is 14.5. The van der Waals surface area contributed by atoms with Gasteiger partial charge in [0, 0.05) is 17.7 Å². The Labute approximate surface area is 145 Å². The number of esters is 1. The van der Waals surface area contributed by atoms with Gasteiger partial charge in [0.2, 0.25) is 0 Å². The number of aliphatic imine (C=N–C) groups is 1. The van der Waals surface area contributed by atoms with Crippen LogP contribution in [0.4, 0.5) is 10.5 Å². The number of ether oxygens (including phenoxy) is 3. The standard InChI is InChI=1S/C18H20N2O5/c1-18(2,3)25-17(22)19-11-5-12-9-23-15-6-13-10(8-24-16(13)21)4-14(15)20(12)7-11/h4,6,12H,5,7-9H2,1-3H3/b19-11-/t12-/m0/s1. The van der Waals surface area contributed by atoms with E-state index in [-0.39, 0.29) is 12.0 Å². The summed E-state index contributed by atoms with van der Waals surface area (Å²) in [6.07, 6.45) is 0.0991. The highest BCUT2D eigenvalue weighted by molar-refractivity contribution is 6.00. The first-order valence-electron chi connectivity index (χ1n) is 8.33. The monoisotopic (exact) mass is 344 g/mol. The summed E-state index contributed by atoms with van der Waals surface area (Å²) < 4.78 is 16.2. The number of hydrogen-bond donors (Lipinski definition) is 0. The van der Waals surface area contributed by atoms with E-state index in [1.807, 2.05) is 26.8 Å². The molecule has 0 saturated carbocycles. The minimum absolute atomic E-state index is 0.129. The van der Waals surface area contributed by atoms with Gasteiger partial charge in [-0.2, -0.15) is 4.99 Å². The van der Waals surface area contributed by atoms with Gasteiger partial charge in [0.1, 0.15) is 24.6 Å². The van der Waals surface area contributed by atoms with Crippen molar-refractivity contribution in [2.75, 3.05) is 18.1 Å². The van der Waals surface area contributed by atoms with Crippen LogP contribution in [0.15, 0.2) is 17.1 Å². The zero-order chi connectivity index (χ0) is 17.8. The van der Waals surface area contributed by atoms with Gasteiger partial charge in [0.05, 0.1) is 23.8 Å². The van der Waals surface area contributed by atoms with Gasteiger partial charge in [-0.05, 0) is 32.9 Å². The van der Waals surface area contributed by atoms with Crippen molar-refractivity contribution in [3.05, 3.63) is 23.3 Å². The third kappa shape index (κ3) is 2.94. The van der Waals surface area contributed by atoms with E-state index >= 15 is 0 Å². The quantitative estimate of drug-likeness (QED) is 0.674. The van der Waals surface area contributed by atoms with Crippen molar-refractivity contribution < 1.29 is 23.8 Å². The number of nitrogens with zero attached hydrogens (tertiary/aromatic N) is 2. The van der Waals surface area contributed by atoms with Gasteiger partial charge >= 0.3 is 12.1 Å². The Kier molecular flexibility index (Phi) is 3.49. The molecule has 1 fully saturated rings. The molecule has 3 heterocycles. The first-order chi connectivity index (χ1) is 11.8. The van der Waals surface area contributed by atoms with Gasteiger partial charge in [-0.1, -0.05) is 0 Å². The molecule has 0 spiro atoms. The number of benzene rings is 1. The molecule has 1 atom stereocenters. The lowest BCUT2D eigenvalue weighted by atomic mass is 10.1. The first kappa shape index (κ1) is 15.9. The summed E-state index contributed by atoms with van der Waals surface area (Å²) in [4.78, 5) is 29.9. The lowest BCUT2D eigenvalue weighted by Crippen LogP contribution is -2.38. The number of rotatable bonds is 0. The number of fused-ring (bicyclic) bond motifs is 4. The van der Waals surface area contributed by atoms with Crippen LogP contribution in [-0.2, 0) is 16.1 Å². The van der Waals surface area contributed by atoms with Crippen molar-refractivity contribution in [3.8, 4) is 5.75 Å². The van der Waals surface area contributed by atoms with Crippen LogP contribution < -0.4 is 9.64 Å². The van der Waals surface area contributed by atoms with Gasteiger partial charge in [-0.25, -0.2) is 9.59 Å². The maximum absolute atomic E-state index is 11.9. The molecular formula is C18H20N2O5. The Hall–Kier alpha value is -2.57. The number of amides is 1. The molecule has 1 aromatic carbocycles. The smallest absolute Gasteiger partial charge is 0.434 e. The van der Waals surface area contributed by atoms with E-state index in [0.717, 1.165) is 17.0 Å².